The molecule has 0 atom stereocenters. The maximum atomic E-state index is 13.2. The summed E-state index contributed by atoms with van der Waals surface area (Å²) in [4.78, 5) is 16.4. The molecule has 7 nitrogen and oxygen atoms in total. The number of nitrogens with zero attached hydrogens (tertiary/aromatic N) is 4. The predicted octanol–water partition coefficient (Wildman–Crippen LogP) is 4.07. The van der Waals surface area contributed by atoms with E-state index in [1.54, 1.807) is 0 Å². The van der Waals surface area contributed by atoms with Crippen LogP contribution in [-0.2, 0) is 12.4 Å². The standard InChI is InChI=1S/C17H12F6N6OS2/c1-8-5-12(17(21,22)23)29(26-8)15-25-11(7-32-15)13(30)27-28(14(24)31)10-4-2-3-9(6-10)16(18,19)20/h2-7H,1H3,(H2,24,31)(H,27,30). The smallest absolute Gasteiger partial charge is 0.374 e. The molecule has 2 aromatic heterocycles. The summed E-state index contributed by atoms with van der Waals surface area (Å²) in [6, 6.07) is 4.68. The number of benzene rings is 1. The molecule has 0 fully saturated rings. The summed E-state index contributed by atoms with van der Waals surface area (Å²) in [7, 11) is 0. The molecular formula is C17H12F6N6OS2. The Morgan fingerprint density at radius 2 is 1.88 bits per heavy atom. The van der Waals surface area contributed by atoms with E-state index in [0.29, 0.717) is 22.1 Å². The fraction of sp³-hybridized carbons (Fsp3) is 0.176. The fourth-order valence-corrected chi connectivity index (χ4v) is 3.46. The number of hydrogen-bond acceptors (Lipinski definition) is 5. The number of hydrogen-bond donors (Lipinski definition) is 2. The van der Waals surface area contributed by atoms with Gasteiger partial charge in [-0.2, -0.15) is 31.4 Å². The van der Waals surface area contributed by atoms with E-state index in [1.807, 2.05) is 0 Å². The second-order valence-corrected chi connectivity index (χ2v) is 7.51. The summed E-state index contributed by atoms with van der Waals surface area (Å²) in [5.41, 5.74) is 5.22. The summed E-state index contributed by atoms with van der Waals surface area (Å²) in [5, 5.41) is 4.91. The first kappa shape index (κ1) is 23.5. The van der Waals surface area contributed by atoms with E-state index in [4.69, 9.17) is 18.0 Å². The number of nitrogens with one attached hydrogen (secondary N) is 1. The molecule has 0 spiro atoms. The molecule has 1 aromatic carbocycles. The summed E-state index contributed by atoms with van der Waals surface area (Å²) < 4.78 is 79.1. The average Bonchev–Trinajstić information content (AvgIpc) is 3.31. The van der Waals surface area contributed by atoms with Crippen LogP contribution in [0.25, 0.3) is 5.13 Å². The van der Waals surface area contributed by atoms with E-state index < -0.39 is 34.6 Å². The zero-order valence-corrected chi connectivity index (χ0v) is 17.5. The third kappa shape index (κ3) is 4.99. The molecule has 3 N–H and O–H groups in total. The van der Waals surface area contributed by atoms with Gasteiger partial charge < -0.3 is 5.73 Å². The van der Waals surface area contributed by atoms with Crippen LogP contribution in [-0.4, -0.2) is 25.8 Å². The Morgan fingerprint density at radius 1 is 1.19 bits per heavy atom. The molecule has 0 aliphatic heterocycles. The van der Waals surface area contributed by atoms with Crippen molar-refractivity contribution in [3.63, 3.8) is 0 Å². The van der Waals surface area contributed by atoms with Crippen molar-refractivity contribution in [3.05, 3.63) is 58.4 Å². The number of thiazole rings is 1. The first-order valence-corrected chi connectivity index (χ1v) is 9.73. The molecule has 0 saturated carbocycles. The van der Waals surface area contributed by atoms with Crippen LogP contribution in [0.2, 0.25) is 0 Å². The van der Waals surface area contributed by atoms with Crippen molar-refractivity contribution < 1.29 is 31.1 Å². The Balaban J connectivity index is 1.88. The van der Waals surface area contributed by atoms with Gasteiger partial charge in [-0.15, -0.1) is 11.3 Å². The molecule has 0 aliphatic carbocycles. The highest BCUT2D eigenvalue weighted by atomic mass is 32.1. The van der Waals surface area contributed by atoms with Crippen LogP contribution in [0.4, 0.5) is 32.0 Å². The van der Waals surface area contributed by atoms with Crippen LogP contribution in [0, 0.1) is 6.92 Å². The first-order valence-electron chi connectivity index (χ1n) is 8.45. The van der Waals surface area contributed by atoms with Gasteiger partial charge in [0.25, 0.3) is 5.91 Å². The van der Waals surface area contributed by atoms with Gasteiger partial charge in [-0.25, -0.2) is 14.7 Å². The fourth-order valence-electron chi connectivity index (χ4n) is 2.54. The van der Waals surface area contributed by atoms with E-state index in [9.17, 15) is 31.1 Å². The second-order valence-electron chi connectivity index (χ2n) is 6.26. The highest BCUT2D eigenvalue weighted by Gasteiger charge is 2.37. The topological polar surface area (TPSA) is 89.1 Å². The summed E-state index contributed by atoms with van der Waals surface area (Å²) >= 11 is 5.51. The Kier molecular flexibility index (Phi) is 6.15. The van der Waals surface area contributed by atoms with E-state index >= 15 is 0 Å². The SMILES string of the molecule is Cc1cc(C(F)(F)F)n(-c2nc(C(=O)NN(C(N)=S)c3cccc(C(F)(F)F)c3)cs2)n1. The lowest BCUT2D eigenvalue weighted by Crippen LogP contribution is -2.49. The van der Waals surface area contributed by atoms with Crippen molar-refractivity contribution in [2.45, 2.75) is 19.3 Å². The first-order chi connectivity index (χ1) is 14.8. The normalized spacial score (nSPS) is 12.0. The van der Waals surface area contributed by atoms with Crippen molar-refractivity contribution in [3.8, 4) is 5.13 Å². The summed E-state index contributed by atoms with van der Waals surface area (Å²) in [5.74, 6) is -0.963. The molecule has 0 aliphatic rings. The Morgan fingerprint density at radius 3 is 2.47 bits per heavy atom. The van der Waals surface area contributed by atoms with Gasteiger partial charge in [0.05, 0.1) is 16.9 Å². The average molecular weight is 494 g/mol. The van der Waals surface area contributed by atoms with Crippen LogP contribution in [0.3, 0.4) is 0 Å². The van der Waals surface area contributed by atoms with Crippen molar-refractivity contribution in [2.75, 3.05) is 5.01 Å². The Hall–Kier alpha value is -3.20. The summed E-state index contributed by atoms with van der Waals surface area (Å²) in [6.07, 6.45) is -9.36. The highest BCUT2D eigenvalue weighted by molar-refractivity contribution is 7.80. The number of hydrazine groups is 1. The van der Waals surface area contributed by atoms with Gasteiger partial charge in [0.15, 0.2) is 10.8 Å². The molecule has 0 saturated heterocycles. The minimum Gasteiger partial charge on any atom is -0.374 e. The minimum atomic E-state index is -4.71. The number of anilines is 1. The number of amides is 1. The van der Waals surface area contributed by atoms with Gasteiger partial charge in [0.2, 0.25) is 5.13 Å². The number of carbonyl (C=O) groups is 1. The van der Waals surface area contributed by atoms with Crippen molar-refractivity contribution in [1.82, 2.24) is 20.2 Å². The predicted molar refractivity (Wildman–Crippen MR) is 107 cm³/mol. The lowest BCUT2D eigenvalue weighted by molar-refractivity contribution is -0.142. The molecule has 0 radical (unpaired) electrons. The van der Waals surface area contributed by atoms with Crippen LogP contribution >= 0.6 is 23.6 Å². The van der Waals surface area contributed by atoms with Crippen LogP contribution < -0.4 is 16.2 Å². The zero-order chi connectivity index (χ0) is 23.8. The monoisotopic (exact) mass is 494 g/mol. The summed E-state index contributed by atoms with van der Waals surface area (Å²) in [6.45, 7) is 1.36. The van der Waals surface area contributed by atoms with Crippen LogP contribution in [0.5, 0.6) is 0 Å². The second kappa shape index (κ2) is 8.38. The Bertz CT molecular complexity index is 1170. The molecule has 0 unspecified atom stereocenters. The van der Waals surface area contributed by atoms with Crippen molar-refractivity contribution >= 4 is 40.3 Å². The number of aromatic nitrogens is 3. The zero-order valence-electron chi connectivity index (χ0n) is 15.8. The number of halogens is 6. The number of thiocarbonyl (C=S) groups is 1. The molecular weight excluding hydrogens is 482 g/mol. The molecule has 1 amide bonds. The lowest BCUT2D eigenvalue weighted by atomic mass is 10.2. The van der Waals surface area contributed by atoms with E-state index in [0.717, 1.165) is 28.6 Å². The molecule has 0 bridgehead atoms. The molecule has 32 heavy (non-hydrogen) atoms. The maximum absolute atomic E-state index is 13.2. The van der Waals surface area contributed by atoms with Gasteiger partial charge in [0, 0.05) is 5.38 Å². The highest BCUT2D eigenvalue weighted by Crippen LogP contribution is 2.33. The van der Waals surface area contributed by atoms with Crippen LogP contribution in [0.1, 0.15) is 27.4 Å². The molecule has 170 valence electrons. The van der Waals surface area contributed by atoms with Gasteiger partial charge in [-0.3, -0.25) is 10.2 Å². The van der Waals surface area contributed by atoms with E-state index in [-0.39, 0.29) is 22.2 Å². The number of aryl methyl sites for hydroxylation is 1. The van der Waals surface area contributed by atoms with Gasteiger partial charge in [-0.05, 0) is 43.4 Å². The van der Waals surface area contributed by atoms with Crippen molar-refractivity contribution in [2.24, 2.45) is 5.73 Å². The van der Waals surface area contributed by atoms with Crippen molar-refractivity contribution in [1.29, 1.82) is 0 Å². The van der Waals surface area contributed by atoms with E-state index in [2.05, 4.69) is 15.5 Å². The third-order valence-electron chi connectivity index (χ3n) is 3.89. The Labute approximate surface area is 185 Å². The molecule has 15 heteroatoms. The van der Waals surface area contributed by atoms with Crippen LogP contribution in [0.15, 0.2) is 35.7 Å². The molecule has 3 aromatic rings. The van der Waals surface area contributed by atoms with Gasteiger partial charge in [0.1, 0.15) is 5.69 Å². The molecule has 3 rings (SSSR count). The third-order valence-corrected chi connectivity index (χ3v) is 4.89. The number of rotatable bonds is 3. The lowest BCUT2D eigenvalue weighted by Gasteiger charge is -2.23. The van der Waals surface area contributed by atoms with Gasteiger partial charge in [-0.1, -0.05) is 6.07 Å². The number of alkyl halides is 6. The maximum Gasteiger partial charge on any atom is 0.433 e. The number of carbonyl (C=O) groups excluding carboxylic acids is 1. The molecule has 2 heterocycles. The number of nitrogens with two attached hydrogens (primary N) is 1. The quantitative estimate of drug-likeness (QED) is 0.324. The largest absolute Gasteiger partial charge is 0.433 e. The van der Waals surface area contributed by atoms with E-state index in [1.165, 1.54) is 13.0 Å². The van der Waals surface area contributed by atoms with Gasteiger partial charge >= 0.3 is 12.4 Å². The minimum absolute atomic E-state index is 0.0859.